The molecule has 2 unspecified atom stereocenters. The van der Waals surface area contributed by atoms with E-state index in [-0.39, 0.29) is 21.0 Å². The number of piperidine rings is 1. The maximum absolute atomic E-state index is 12.7. The summed E-state index contributed by atoms with van der Waals surface area (Å²) in [5, 5.41) is 0.337. The largest absolute Gasteiger partial charge is 0.246 e. The normalized spacial score (nSPS) is 27.1. The molecule has 1 aliphatic heterocycles. The topological polar surface area (TPSA) is 37.4 Å². The lowest BCUT2D eigenvalue weighted by molar-refractivity contribution is 0.333. The Morgan fingerprint density at radius 3 is 2.32 bits per heavy atom. The maximum atomic E-state index is 12.7. The van der Waals surface area contributed by atoms with Crippen molar-refractivity contribution in [1.82, 2.24) is 4.31 Å². The van der Waals surface area contributed by atoms with Gasteiger partial charge < -0.3 is 0 Å². The van der Waals surface area contributed by atoms with Crippen LogP contribution in [0, 0.1) is 5.92 Å². The van der Waals surface area contributed by atoms with Crippen molar-refractivity contribution in [3.63, 3.8) is 0 Å². The quantitative estimate of drug-likeness (QED) is 0.774. The average molecular weight is 385 g/mol. The zero-order chi connectivity index (χ0) is 13.8. The summed E-state index contributed by atoms with van der Waals surface area (Å²) in [5.41, 5.74) is 0. The summed E-state index contributed by atoms with van der Waals surface area (Å²) >= 11 is 15.4. The summed E-state index contributed by atoms with van der Waals surface area (Å²) in [7, 11) is -3.60. The second-order valence-corrected chi connectivity index (χ2v) is 8.66. The van der Waals surface area contributed by atoms with Gasteiger partial charge in [0, 0.05) is 17.1 Å². The molecular formula is C12H12BrCl2NO2S. The molecule has 0 spiro atoms. The minimum Gasteiger partial charge on any atom is -0.207 e. The van der Waals surface area contributed by atoms with E-state index < -0.39 is 10.0 Å². The summed E-state index contributed by atoms with van der Waals surface area (Å²) in [6.45, 7) is 0.593. The molecule has 7 heteroatoms. The number of rotatable bonds is 2. The molecule has 0 amide bonds. The van der Waals surface area contributed by atoms with Gasteiger partial charge in [0.1, 0.15) is 4.90 Å². The van der Waals surface area contributed by atoms with E-state index in [0.717, 1.165) is 19.3 Å². The lowest BCUT2D eigenvalue weighted by Crippen LogP contribution is -2.37. The van der Waals surface area contributed by atoms with Crippen LogP contribution in [0.2, 0.25) is 10.0 Å². The van der Waals surface area contributed by atoms with E-state index in [0.29, 0.717) is 16.9 Å². The molecule has 104 valence electrons. The summed E-state index contributed by atoms with van der Waals surface area (Å²) < 4.78 is 27.7. The van der Waals surface area contributed by atoms with Crippen molar-refractivity contribution in [2.45, 2.75) is 30.2 Å². The van der Waals surface area contributed by atoms with Crippen LogP contribution in [0.15, 0.2) is 21.5 Å². The highest BCUT2D eigenvalue weighted by Gasteiger charge is 2.45. The van der Waals surface area contributed by atoms with Crippen LogP contribution >= 0.6 is 39.1 Å². The molecule has 1 aromatic rings. The Bertz CT molecular complexity index is 612. The van der Waals surface area contributed by atoms with Crippen LogP contribution in [0.25, 0.3) is 0 Å². The molecule has 2 bridgehead atoms. The third-order valence-electron chi connectivity index (χ3n) is 3.89. The fourth-order valence-corrected chi connectivity index (χ4v) is 6.70. The minimum atomic E-state index is -3.60. The third-order valence-corrected chi connectivity index (χ3v) is 7.19. The first-order valence-corrected chi connectivity index (χ1v) is 9.05. The molecule has 2 atom stereocenters. The number of hydrogen-bond acceptors (Lipinski definition) is 2. The highest BCUT2D eigenvalue weighted by atomic mass is 79.9. The van der Waals surface area contributed by atoms with Gasteiger partial charge in [0.05, 0.1) is 10.0 Å². The molecule has 0 radical (unpaired) electrons. The summed E-state index contributed by atoms with van der Waals surface area (Å²) in [6.07, 6.45) is 3.03. The van der Waals surface area contributed by atoms with Crippen LogP contribution in [0.5, 0.6) is 0 Å². The monoisotopic (exact) mass is 383 g/mol. The Balaban J connectivity index is 2.06. The van der Waals surface area contributed by atoms with Crippen molar-refractivity contribution in [3.05, 3.63) is 26.7 Å². The van der Waals surface area contributed by atoms with Crippen LogP contribution in [-0.2, 0) is 10.0 Å². The van der Waals surface area contributed by atoms with E-state index in [2.05, 4.69) is 15.9 Å². The van der Waals surface area contributed by atoms with E-state index in [9.17, 15) is 8.42 Å². The van der Waals surface area contributed by atoms with E-state index in [4.69, 9.17) is 23.2 Å². The molecular weight excluding hydrogens is 373 g/mol. The van der Waals surface area contributed by atoms with Crippen LogP contribution in [0.4, 0.5) is 0 Å². The summed E-state index contributed by atoms with van der Waals surface area (Å²) in [5.74, 6) is 0.493. The van der Waals surface area contributed by atoms with E-state index in [1.54, 1.807) is 16.4 Å². The maximum Gasteiger partial charge on any atom is 0.246 e. The third kappa shape index (κ3) is 2.33. The molecule has 3 nitrogen and oxygen atoms in total. The molecule has 2 fully saturated rings. The van der Waals surface area contributed by atoms with Crippen molar-refractivity contribution < 1.29 is 8.42 Å². The van der Waals surface area contributed by atoms with E-state index >= 15 is 0 Å². The zero-order valence-corrected chi connectivity index (χ0v) is 13.9. The van der Waals surface area contributed by atoms with Crippen molar-refractivity contribution in [1.29, 1.82) is 0 Å². The Hall–Kier alpha value is 0.190. The second-order valence-electron chi connectivity index (χ2n) is 5.11. The number of fused-ring (bicyclic) bond motifs is 2. The highest BCUT2D eigenvalue weighted by molar-refractivity contribution is 9.10. The summed E-state index contributed by atoms with van der Waals surface area (Å²) in [4.78, 5) is 0.0339. The number of halogens is 3. The molecule has 1 heterocycles. The Morgan fingerprint density at radius 2 is 1.84 bits per heavy atom. The minimum absolute atomic E-state index is 0.0339. The standard InChI is InChI=1S/C12H12BrCl2NO2S/c13-8-4-10(14)12(11(15)5-8)19(17,18)16-6-7-1-2-9(16)3-7/h4-5,7,9H,1-3,6H2. The molecule has 0 aromatic heterocycles. The van der Waals surface area contributed by atoms with Gasteiger partial charge in [-0.05, 0) is 37.3 Å². The van der Waals surface area contributed by atoms with Gasteiger partial charge in [-0.1, -0.05) is 39.1 Å². The van der Waals surface area contributed by atoms with Crippen LogP contribution in [-0.4, -0.2) is 25.3 Å². The number of hydrogen-bond donors (Lipinski definition) is 0. The van der Waals surface area contributed by atoms with Gasteiger partial charge in [-0.25, -0.2) is 8.42 Å². The number of nitrogens with zero attached hydrogens (tertiary/aromatic N) is 1. The first-order valence-electron chi connectivity index (χ1n) is 6.06. The van der Waals surface area contributed by atoms with Crippen LogP contribution in [0.3, 0.4) is 0 Å². The van der Waals surface area contributed by atoms with Gasteiger partial charge in [-0.3, -0.25) is 0 Å². The lowest BCUT2D eigenvalue weighted by Gasteiger charge is -2.27. The Kier molecular flexibility index (Phi) is 3.63. The van der Waals surface area contributed by atoms with E-state index in [1.807, 2.05) is 0 Å². The zero-order valence-electron chi connectivity index (χ0n) is 9.94. The van der Waals surface area contributed by atoms with Gasteiger partial charge in [0.15, 0.2) is 0 Å². The fourth-order valence-electron chi connectivity index (χ4n) is 3.07. The second kappa shape index (κ2) is 4.88. The molecule has 1 saturated heterocycles. The molecule has 2 aliphatic rings. The van der Waals surface area contributed by atoms with Crippen molar-refractivity contribution in [2.75, 3.05) is 6.54 Å². The van der Waals surface area contributed by atoms with Gasteiger partial charge in [-0.15, -0.1) is 0 Å². The average Bonchev–Trinajstić information content (AvgIpc) is 2.88. The Morgan fingerprint density at radius 1 is 1.21 bits per heavy atom. The number of sulfonamides is 1. The lowest BCUT2D eigenvalue weighted by atomic mass is 10.1. The highest BCUT2D eigenvalue weighted by Crippen LogP contribution is 2.43. The van der Waals surface area contributed by atoms with E-state index in [1.165, 1.54) is 0 Å². The van der Waals surface area contributed by atoms with Crippen molar-refractivity contribution >= 4 is 49.2 Å². The van der Waals surface area contributed by atoms with Gasteiger partial charge in [0.25, 0.3) is 0 Å². The van der Waals surface area contributed by atoms with Gasteiger partial charge in [-0.2, -0.15) is 4.31 Å². The first-order chi connectivity index (χ1) is 8.89. The number of benzene rings is 1. The molecule has 1 aromatic carbocycles. The van der Waals surface area contributed by atoms with Crippen molar-refractivity contribution in [3.8, 4) is 0 Å². The molecule has 0 N–H and O–H groups in total. The van der Waals surface area contributed by atoms with Crippen LogP contribution < -0.4 is 0 Å². The smallest absolute Gasteiger partial charge is 0.207 e. The Labute approximate surface area is 131 Å². The molecule has 1 saturated carbocycles. The van der Waals surface area contributed by atoms with Crippen LogP contribution in [0.1, 0.15) is 19.3 Å². The predicted molar refractivity (Wildman–Crippen MR) is 79.2 cm³/mol. The predicted octanol–water partition coefficient (Wildman–Crippen LogP) is 3.93. The molecule has 19 heavy (non-hydrogen) atoms. The molecule has 3 rings (SSSR count). The fraction of sp³-hybridized carbons (Fsp3) is 0.500. The van der Waals surface area contributed by atoms with Crippen molar-refractivity contribution in [2.24, 2.45) is 5.92 Å². The molecule has 1 aliphatic carbocycles. The van der Waals surface area contributed by atoms with Gasteiger partial charge >= 0.3 is 0 Å². The first kappa shape index (κ1) is 14.1. The summed E-state index contributed by atoms with van der Waals surface area (Å²) in [6, 6.07) is 3.24. The van der Waals surface area contributed by atoms with Gasteiger partial charge in [0.2, 0.25) is 10.0 Å². The SMILES string of the molecule is O=S(=O)(c1c(Cl)cc(Br)cc1Cl)N1CC2CCC1C2.